The molecule has 0 saturated heterocycles. The number of fused-ring (bicyclic) bond motifs is 1. The van der Waals surface area contributed by atoms with Gasteiger partial charge in [0.25, 0.3) is 0 Å². The monoisotopic (exact) mass is 190 g/mol. The Balaban J connectivity index is 2.81. The van der Waals surface area contributed by atoms with Crippen molar-refractivity contribution in [2.75, 3.05) is 6.66 Å². The van der Waals surface area contributed by atoms with Crippen molar-refractivity contribution in [3.05, 3.63) is 36.4 Å². The Morgan fingerprint density at radius 2 is 1.92 bits per heavy atom. The minimum atomic E-state index is 0.364. The maximum Gasteiger partial charge on any atom is 0.116 e. The lowest BCUT2D eigenvalue weighted by Gasteiger charge is -2.04. The van der Waals surface area contributed by atoms with Crippen LogP contribution in [0.5, 0.6) is 5.75 Å². The fourth-order valence-electron chi connectivity index (χ4n) is 1.50. The molecule has 0 amide bonds. The first-order chi connectivity index (χ1) is 6.31. The van der Waals surface area contributed by atoms with Crippen molar-refractivity contribution in [2.45, 2.75) is 0 Å². The van der Waals surface area contributed by atoms with Gasteiger partial charge in [-0.25, -0.2) is 0 Å². The van der Waals surface area contributed by atoms with E-state index in [0.29, 0.717) is 5.75 Å². The summed E-state index contributed by atoms with van der Waals surface area (Å²) in [4.78, 5) is 0. The molecule has 0 fully saturated rings. The molecule has 2 aromatic carbocycles. The van der Waals surface area contributed by atoms with Gasteiger partial charge >= 0.3 is 0 Å². The first kappa shape index (κ1) is 8.52. The Morgan fingerprint density at radius 3 is 2.69 bits per heavy atom. The third-order valence-corrected chi connectivity index (χ3v) is 3.07. The molecule has 2 aromatic rings. The molecule has 1 N–H and O–H groups in total. The van der Waals surface area contributed by atoms with Crippen molar-refractivity contribution in [2.24, 2.45) is 0 Å². The van der Waals surface area contributed by atoms with Crippen LogP contribution in [0.4, 0.5) is 0 Å². The third-order valence-electron chi connectivity index (χ3n) is 2.12. The molecule has 0 aliphatic rings. The topological polar surface area (TPSA) is 20.2 Å². The molecule has 0 aromatic heterocycles. The number of phenolic OH excluding ortho intramolecular Hbond substituents is 1. The summed E-state index contributed by atoms with van der Waals surface area (Å²) in [5, 5.41) is 13.0. The number of aromatic hydroxyl groups is 1. The van der Waals surface area contributed by atoms with Gasteiger partial charge in [0, 0.05) is 0 Å². The van der Waals surface area contributed by atoms with Crippen molar-refractivity contribution in [1.29, 1.82) is 0 Å². The normalized spacial score (nSPS) is 11.5. The molecule has 1 nitrogen and oxygen atoms in total. The van der Waals surface area contributed by atoms with Gasteiger partial charge in [0.1, 0.15) is 5.75 Å². The van der Waals surface area contributed by atoms with Crippen LogP contribution >= 0.6 is 8.58 Å². The van der Waals surface area contributed by atoms with Crippen LogP contribution < -0.4 is 5.30 Å². The van der Waals surface area contributed by atoms with Crippen LogP contribution in [0.1, 0.15) is 0 Å². The molecule has 0 heterocycles. The lowest BCUT2D eigenvalue weighted by Crippen LogP contribution is -1.94. The van der Waals surface area contributed by atoms with Gasteiger partial charge in [0.2, 0.25) is 0 Å². The van der Waals surface area contributed by atoms with E-state index in [1.54, 1.807) is 6.07 Å². The van der Waals surface area contributed by atoms with Gasteiger partial charge < -0.3 is 5.11 Å². The molecule has 0 saturated carbocycles. The first-order valence-electron chi connectivity index (χ1n) is 4.21. The maximum absolute atomic E-state index is 9.45. The Bertz CT molecular complexity index is 437. The van der Waals surface area contributed by atoms with Crippen LogP contribution in [-0.4, -0.2) is 11.8 Å². The highest BCUT2D eigenvalue weighted by Crippen LogP contribution is 2.22. The number of hydrogen-bond acceptors (Lipinski definition) is 1. The van der Waals surface area contributed by atoms with E-state index in [0.717, 1.165) is 14.0 Å². The van der Waals surface area contributed by atoms with Crippen LogP contribution in [0.2, 0.25) is 0 Å². The molecular formula is C11H11OP. The highest BCUT2D eigenvalue weighted by atomic mass is 31.1. The molecule has 0 radical (unpaired) electrons. The summed E-state index contributed by atoms with van der Waals surface area (Å²) in [6.45, 7) is 2.13. The van der Waals surface area contributed by atoms with Gasteiger partial charge in [-0.15, -0.1) is 0 Å². The van der Waals surface area contributed by atoms with E-state index in [-0.39, 0.29) is 0 Å². The van der Waals surface area contributed by atoms with Gasteiger partial charge in [-0.3, -0.25) is 0 Å². The third kappa shape index (κ3) is 1.52. The summed E-state index contributed by atoms with van der Waals surface area (Å²) >= 11 is 0. The van der Waals surface area contributed by atoms with Crippen LogP contribution in [0, 0.1) is 0 Å². The second kappa shape index (κ2) is 3.35. The average molecular weight is 190 g/mol. The number of phenols is 1. The zero-order valence-electron chi connectivity index (χ0n) is 7.41. The second-order valence-corrected chi connectivity index (χ2v) is 4.00. The van der Waals surface area contributed by atoms with E-state index in [4.69, 9.17) is 0 Å². The highest BCUT2D eigenvalue weighted by molar-refractivity contribution is 7.47. The molecular weight excluding hydrogens is 179 g/mol. The lowest BCUT2D eigenvalue weighted by molar-refractivity contribution is 0.476. The minimum absolute atomic E-state index is 0.364. The number of rotatable bonds is 1. The summed E-state index contributed by atoms with van der Waals surface area (Å²) < 4.78 is 0. The predicted molar refractivity (Wildman–Crippen MR) is 59.5 cm³/mol. The summed E-state index contributed by atoms with van der Waals surface area (Å²) in [5.74, 6) is 0.364. The number of hydrogen-bond donors (Lipinski definition) is 1. The van der Waals surface area contributed by atoms with E-state index in [1.165, 1.54) is 10.7 Å². The van der Waals surface area contributed by atoms with Crippen LogP contribution in [0.3, 0.4) is 0 Å². The Hall–Kier alpha value is -1.07. The lowest BCUT2D eigenvalue weighted by atomic mass is 10.1. The van der Waals surface area contributed by atoms with Crippen LogP contribution in [-0.2, 0) is 0 Å². The minimum Gasteiger partial charge on any atom is -0.508 e. The van der Waals surface area contributed by atoms with E-state index in [2.05, 4.69) is 12.7 Å². The number of benzene rings is 2. The average Bonchev–Trinajstić information content (AvgIpc) is 2.16. The van der Waals surface area contributed by atoms with E-state index in [1.807, 2.05) is 24.3 Å². The molecule has 1 unspecified atom stereocenters. The SMILES string of the molecule is CPc1cc(O)cc2ccccc12. The molecule has 0 aliphatic carbocycles. The maximum atomic E-state index is 9.45. The molecule has 13 heavy (non-hydrogen) atoms. The van der Waals surface area contributed by atoms with Crippen LogP contribution in [0.25, 0.3) is 10.8 Å². The Labute approximate surface area is 79.2 Å². The summed E-state index contributed by atoms with van der Waals surface area (Å²) in [5.41, 5.74) is 0. The Kier molecular flexibility index (Phi) is 2.20. The summed E-state index contributed by atoms with van der Waals surface area (Å²) in [6.07, 6.45) is 0. The zero-order valence-corrected chi connectivity index (χ0v) is 8.41. The van der Waals surface area contributed by atoms with Crippen molar-refractivity contribution in [3.63, 3.8) is 0 Å². The van der Waals surface area contributed by atoms with Gasteiger partial charge in [-0.05, 0) is 34.9 Å². The van der Waals surface area contributed by atoms with Crippen molar-refractivity contribution in [3.8, 4) is 5.75 Å². The van der Waals surface area contributed by atoms with Crippen molar-refractivity contribution in [1.82, 2.24) is 0 Å². The summed E-state index contributed by atoms with van der Waals surface area (Å²) in [7, 11) is 0.720. The smallest absolute Gasteiger partial charge is 0.116 e. The fourth-order valence-corrected chi connectivity index (χ4v) is 2.29. The zero-order chi connectivity index (χ0) is 9.26. The standard InChI is InChI=1S/C11H11OP/c1-13-11-7-9(12)6-8-4-2-3-5-10(8)11/h2-7,12-13H,1H3. The fraction of sp³-hybridized carbons (Fsp3) is 0.0909. The van der Waals surface area contributed by atoms with Gasteiger partial charge in [-0.1, -0.05) is 32.8 Å². The molecule has 2 heteroatoms. The molecule has 66 valence electrons. The van der Waals surface area contributed by atoms with E-state index >= 15 is 0 Å². The molecule has 0 bridgehead atoms. The van der Waals surface area contributed by atoms with E-state index < -0.39 is 0 Å². The quantitative estimate of drug-likeness (QED) is 0.685. The predicted octanol–water partition coefficient (Wildman–Crippen LogP) is 2.48. The van der Waals surface area contributed by atoms with Gasteiger partial charge in [-0.2, -0.15) is 0 Å². The largest absolute Gasteiger partial charge is 0.508 e. The summed E-state index contributed by atoms with van der Waals surface area (Å²) in [6, 6.07) is 11.8. The highest BCUT2D eigenvalue weighted by Gasteiger charge is 2.00. The first-order valence-corrected chi connectivity index (χ1v) is 5.71. The molecule has 0 spiro atoms. The van der Waals surface area contributed by atoms with Crippen molar-refractivity contribution < 1.29 is 5.11 Å². The van der Waals surface area contributed by atoms with Crippen LogP contribution in [0.15, 0.2) is 36.4 Å². The Morgan fingerprint density at radius 1 is 1.15 bits per heavy atom. The molecule has 2 rings (SSSR count). The molecule has 0 aliphatic heterocycles. The van der Waals surface area contributed by atoms with Crippen molar-refractivity contribution >= 4 is 24.7 Å². The second-order valence-electron chi connectivity index (χ2n) is 2.96. The van der Waals surface area contributed by atoms with E-state index in [9.17, 15) is 5.11 Å². The van der Waals surface area contributed by atoms with Gasteiger partial charge in [0.15, 0.2) is 0 Å². The van der Waals surface area contributed by atoms with Gasteiger partial charge in [0.05, 0.1) is 0 Å². The molecule has 1 atom stereocenters.